The number of likely N-dealkylation sites (tertiary alicyclic amines) is 1. The predicted molar refractivity (Wildman–Crippen MR) is 80.9 cm³/mol. The highest BCUT2D eigenvalue weighted by Gasteiger charge is 2.29. The van der Waals surface area contributed by atoms with E-state index in [0.717, 1.165) is 32.4 Å². The Balaban J connectivity index is 0. The molecule has 2 unspecified atom stereocenters. The summed E-state index contributed by atoms with van der Waals surface area (Å²) < 4.78 is 0. The number of halogens is 2. The van der Waals surface area contributed by atoms with Gasteiger partial charge in [0.1, 0.15) is 0 Å². The number of rotatable bonds is 6. The number of nitrogens with zero attached hydrogens (tertiary/aromatic N) is 1. The highest BCUT2D eigenvalue weighted by Crippen LogP contribution is 2.17. The Morgan fingerprint density at radius 1 is 1.44 bits per heavy atom. The van der Waals surface area contributed by atoms with Gasteiger partial charge in [0.25, 0.3) is 0 Å². The van der Waals surface area contributed by atoms with Crippen molar-refractivity contribution in [3.8, 4) is 0 Å². The van der Waals surface area contributed by atoms with Gasteiger partial charge in [0.05, 0.1) is 6.04 Å². The van der Waals surface area contributed by atoms with Gasteiger partial charge >= 0.3 is 0 Å². The third-order valence-corrected chi connectivity index (χ3v) is 3.25. The first kappa shape index (κ1) is 20.3. The molecule has 1 amide bonds. The zero-order chi connectivity index (χ0) is 12.0. The number of carbonyl (C=O) groups excluding carboxylic acids is 1. The van der Waals surface area contributed by atoms with Crippen molar-refractivity contribution in [2.45, 2.75) is 45.2 Å². The lowest BCUT2D eigenvalue weighted by Crippen LogP contribution is -2.46. The number of hydrogen-bond acceptors (Lipinski definition) is 3. The van der Waals surface area contributed by atoms with Gasteiger partial charge in [-0.1, -0.05) is 6.92 Å². The van der Waals surface area contributed by atoms with Crippen LogP contribution in [0.15, 0.2) is 0 Å². The van der Waals surface area contributed by atoms with Crippen LogP contribution in [0.1, 0.15) is 33.1 Å². The second-order valence-electron chi connectivity index (χ2n) is 4.63. The molecule has 6 heteroatoms. The minimum atomic E-state index is 0. The molecule has 0 saturated carbocycles. The van der Waals surface area contributed by atoms with Gasteiger partial charge in [-0.2, -0.15) is 0 Å². The minimum Gasteiger partial charge on any atom is -0.353 e. The van der Waals surface area contributed by atoms with Crippen LogP contribution in [0.3, 0.4) is 0 Å². The first-order valence-electron chi connectivity index (χ1n) is 6.38. The molecule has 0 aromatic heterocycles. The van der Waals surface area contributed by atoms with Crippen molar-refractivity contribution in [3.63, 3.8) is 0 Å². The molecule has 1 fully saturated rings. The lowest BCUT2D eigenvalue weighted by Gasteiger charge is -2.23. The van der Waals surface area contributed by atoms with Gasteiger partial charge in [-0.25, -0.2) is 0 Å². The Labute approximate surface area is 123 Å². The summed E-state index contributed by atoms with van der Waals surface area (Å²) >= 11 is 0. The number of likely N-dealkylation sites (N-methyl/N-ethyl adjacent to an activating group) is 1. The van der Waals surface area contributed by atoms with Crippen molar-refractivity contribution in [3.05, 3.63) is 0 Å². The van der Waals surface area contributed by atoms with Gasteiger partial charge in [0.2, 0.25) is 5.91 Å². The average molecular weight is 300 g/mol. The van der Waals surface area contributed by atoms with Crippen LogP contribution in [0.25, 0.3) is 0 Å². The zero-order valence-electron chi connectivity index (χ0n) is 11.6. The molecule has 0 spiro atoms. The molecule has 1 aliphatic heterocycles. The molecule has 0 aromatic rings. The molecule has 110 valence electrons. The summed E-state index contributed by atoms with van der Waals surface area (Å²) in [4.78, 5) is 14.3. The van der Waals surface area contributed by atoms with Crippen LogP contribution >= 0.6 is 24.8 Å². The quantitative estimate of drug-likeness (QED) is 0.780. The van der Waals surface area contributed by atoms with Crippen LogP contribution < -0.4 is 10.6 Å². The second kappa shape index (κ2) is 10.9. The van der Waals surface area contributed by atoms with Crippen LogP contribution in [-0.2, 0) is 4.79 Å². The topological polar surface area (TPSA) is 44.4 Å². The summed E-state index contributed by atoms with van der Waals surface area (Å²) in [6.07, 6.45) is 3.29. The van der Waals surface area contributed by atoms with Crippen molar-refractivity contribution in [2.75, 3.05) is 26.7 Å². The normalized spacial score (nSPS) is 20.7. The number of nitrogens with one attached hydrogen (secondary N) is 2. The van der Waals surface area contributed by atoms with Crippen LogP contribution in [0.2, 0.25) is 0 Å². The van der Waals surface area contributed by atoms with Crippen LogP contribution in [0.5, 0.6) is 0 Å². The Morgan fingerprint density at radius 2 is 2.11 bits per heavy atom. The summed E-state index contributed by atoms with van der Waals surface area (Å²) in [6.45, 7) is 7.06. The van der Waals surface area contributed by atoms with Gasteiger partial charge in [-0.15, -0.1) is 24.8 Å². The van der Waals surface area contributed by atoms with E-state index >= 15 is 0 Å². The summed E-state index contributed by atoms with van der Waals surface area (Å²) in [5.74, 6) is 0.202. The molecular weight excluding hydrogens is 273 g/mol. The molecule has 0 radical (unpaired) electrons. The molecule has 18 heavy (non-hydrogen) atoms. The van der Waals surface area contributed by atoms with E-state index in [1.165, 1.54) is 0 Å². The Kier molecular flexibility index (Phi) is 12.2. The monoisotopic (exact) mass is 299 g/mol. The number of hydrogen-bond donors (Lipinski definition) is 2. The highest BCUT2D eigenvalue weighted by atomic mass is 35.5. The van der Waals surface area contributed by atoms with Crippen molar-refractivity contribution in [1.29, 1.82) is 0 Å². The predicted octanol–water partition coefficient (Wildman–Crippen LogP) is 1.43. The molecule has 4 nitrogen and oxygen atoms in total. The van der Waals surface area contributed by atoms with E-state index < -0.39 is 0 Å². The van der Waals surface area contributed by atoms with Crippen molar-refractivity contribution in [2.24, 2.45) is 0 Å². The van der Waals surface area contributed by atoms with Crippen LogP contribution in [0, 0.1) is 0 Å². The highest BCUT2D eigenvalue weighted by molar-refractivity contribution is 5.85. The summed E-state index contributed by atoms with van der Waals surface area (Å²) in [5.41, 5.74) is 0. The standard InChI is InChI=1S/C12H25N3O.2ClH/c1-4-7-15-8-5-6-11(15)12(16)14-9-10(2)13-3;;/h10-11,13H,4-9H2,1-3H3,(H,14,16);2*1H. The minimum absolute atomic E-state index is 0. The van der Waals surface area contributed by atoms with Crippen LogP contribution in [0.4, 0.5) is 0 Å². The van der Waals surface area contributed by atoms with Gasteiger partial charge in [-0.3, -0.25) is 9.69 Å². The van der Waals surface area contributed by atoms with Crippen molar-refractivity contribution >= 4 is 30.7 Å². The summed E-state index contributed by atoms with van der Waals surface area (Å²) in [6, 6.07) is 0.453. The molecule has 0 bridgehead atoms. The Bertz CT molecular complexity index is 229. The van der Waals surface area contributed by atoms with Crippen molar-refractivity contribution < 1.29 is 4.79 Å². The largest absolute Gasteiger partial charge is 0.353 e. The van der Waals surface area contributed by atoms with Crippen molar-refractivity contribution in [1.82, 2.24) is 15.5 Å². The van der Waals surface area contributed by atoms with E-state index in [4.69, 9.17) is 0 Å². The first-order valence-corrected chi connectivity index (χ1v) is 6.38. The molecular formula is C12H27Cl2N3O. The van der Waals surface area contributed by atoms with E-state index in [0.29, 0.717) is 12.6 Å². The Hall–Kier alpha value is -0.0300. The third kappa shape index (κ3) is 6.23. The second-order valence-corrected chi connectivity index (χ2v) is 4.63. The smallest absolute Gasteiger partial charge is 0.237 e. The maximum absolute atomic E-state index is 12.0. The zero-order valence-corrected chi connectivity index (χ0v) is 13.2. The fourth-order valence-electron chi connectivity index (χ4n) is 2.15. The fraction of sp³-hybridized carbons (Fsp3) is 0.917. The van der Waals surface area contributed by atoms with E-state index in [2.05, 4.69) is 29.4 Å². The SMILES string of the molecule is CCCN1CCCC1C(=O)NCC(C)NC.Cl.Cl. The van der Waals surface area contributed by atoms with Crippen LogP contribution in [-0.4, -0.2) is 49.6 Å². The molecule has 2 atom stereocenters. The number of amides is 1. The van der Waals surface area contributed by atoms with E-state index in [-0.39, 0.29) is 36.8 Å². The summed E-state index contributed by atoms with van der Waals surface area (Å²) in [5, 5.41) is 6.14. The molecule has 0 aliphatic carbocycles. The van der Waals surface area contributed by atoms with Gasteiger partial charge < -0.3 is 10.6 Å². The molecule has 1 rings (SSSR count). The van der Waals surface area contributed by atoms with E-state index in [1.807, 2.05) is 7.05 Å². The molecule has 1 heterocycles. The maximum atomic E-state index is 12.0. The molecule has 1 saturated heterocycles. The lowest BCUT2D eigenvalue weighted by molar-refractivity contribution is -0.125. The molecule has 0 aromatic carbocycles. The molecule has 1 aliphatic rings. The lowest BCUT2D eigenvalue weighted by atomic mass is 10.2. The summed E-state index contributed by atoms with van der Waals surface area (Å²) in [7, 11) is 1.91. The van der Waals surface area contributed by atoms with Gasteiger partial charge in [0.15, 0.2) is 0 Å². The fourth-order valence-corrected chi connectivity index (χ4v) is 2.15. The van der Waals surface area contributed by atoms with E-state index in [1.54, 1.807) is 0 Å². The van der Waals surface area contributed by atoms with Gasteiger partial charge in [0, 0.05) is 12.6 Å². The number of carbonyl (C=O) groups is 1. The third-order valence-electron chi connectivity index (χ3n) is 3.25. The van der Waals surface area contributed by atoms with Gasteiger partial charge in [-0.05, 0) is 46.3 Å². The maximum Gasteiger partial charge on any atom is 0.237 e. The first-order chi connectivity index (χ1) is 7.69. The average Bonchev–Trinajstić information content (AvgIpc) is 2.74. The van der Waals surface area contributed by atoms with E-state index in [9.17, 15) is 4.79 Å². The Morgan fingerprint density at radius 3 is 2.67 bits per heavy atom. The molecule has 2 N–H and O–H groups in total.